The largest absolute Gasteiger partial charge is 0.486 e. The summed E-state index contributed by atoms with van der Waals surface area (Å²) in [6.45, 7) is 3.80. The number of ether oxygens (including phenoxy) is 2. The van der Waals surface area contributed by atoms with Gasteiger partial charge in [-0.1, -0.05) is 0 Å². The fourth-order valence-corrected chi connectivity index (χ4v) is 2.09. The van der Waals surface area contributed by atoms with Crippen LogP contribution in [0.1, 0.15) is 6.92 Å². The Hall–Kier alpha value is -1.75. The lowest BCUT2D eigenvalue weighted by Gasteiger charge is -2.19. The van der Waals surface area contributed by atoms with Crippen molar-refractivity contribution in [2.45, 2.75) is 19.5 Å². The average Bonchev–Trinajstić information content (AvgIpc) is 2.72. The second-order valence-electron chi connectivity index (χ2n) is 4.33. The first-order chi connectivity index (χ1) is 8.25. The quantitative estimate of drug-likeness (QED) is 0.845. The molecule has 0 fully saturated rings. The van der Waals surface area contributed by atoms with E-state index in [0.29, 0.717) is 19.8 Å². The second-order valence-corrected chi connectivity index (χ2v) is 4.33. The van der Waals surface area contributed by atoms with Gasteiger partial charge in [0.15, 0.2) is 11.5 Å². The van der Waals surface area contributed by atoms with E-state index in [2.05, 4.69) is 5.10 Å². The highest BCUT2D eigenvalue weighted by atomic mass is 16.6. The van der Waals surface area contributed by atoms with Gasteiger partial charge in [-0.15, -0.1) is 0 Å². The fourth-order valence-electron chi connectivity index (χ4n) is 2.09. The van der Waals surface area contributed by atoms with Crippen LogP contribution in [0.5, 0.6) is 11.5 Å². The van der Waals surface area contributed by atoms with Crippen molar-refractivity contribution in [3.05, 3.63) is 18.3 Å². The molecule has 0 radical (unpaired) electrons. The molecule has 0 amide bonds. The SMILES string of the molecule is C[C@@H](N)Cn1ncc2ccc3c(c21)OCCO3. The van der Waals surface area contributed by atoms with Gasteiger partial charge in [0.1, 0.15) is 18.7 Å². The van der Waals surface area contributed by atoms with Crippen LogP contribution < -0.4 is 15.2 Å². The van der Waals surface area contributed by atoms with Crippen LogP contribution in [-0.4, -0.2) is 29.0 Å². The Morgan fingerprint density at radius 2 is 2.24 bits per heavy atom. The van der Waals surface area contributed by atoms with Crippen LogP contribution in [0.4, 0.5) is 0 Å². The normalized spacial score (nSPS) is 16.1. The van der Waals surface area contributed by atoms with Crippen LogP contribution in [0, 0.1) is 0 Å². The third kappa shape index (κ3) is 1.72. The smallest absolute Gasteiger partial charge is 0.187 e. The maximum Gasteiger partial charge on any atom is 0.187 e. The van der Waals surface area contributed by atoms with Crippen LogP contribution in [0.15, 0.2) is 18.3 Å². The summed E-state index contributed by atoms with van der Waals surface area (Å²) in [5.74, 6) is 1.57. The van der Waals surface area contributed by atoms with Crippen molar-refractivity contribution in [1.29, 1.82) is 0 Å². The predicted octanol–water partition coefficient (Wildman–Crippen LogP) is 1.15. The van der Waals surface area contributed by atoms with E-state index in [0.717, 1.165) is 22.4 Å². The van der Waals surface area contributed by atoms with E-state index in [9.17, 15) is 0 Å². The number of nitrogens with zero attached hydrogens (tertiary/aromatic N) is 2. The molecular formula is C12H15N3O2. The van der Waals surface area contributed by atoms with Gasteiger partial charge in [-0.25, -0.2) is 0 Å². The third-order valence-corrected chi connectivity index (χ3v) is 2.77. The van der Waals surface area contributed by atoms with Gasteiger partial charge in [-0.05, 0) is 19.1 Å². The number of hydrogen-bond donors (Lipinski definition) is 1. The van der Waals surface area contributed by atoms with E-state index >= 15 is 0 Å². The molecule has 0 saturated carbocycles. The van der Waals surface area contributed by atoms with E-state index < -0.39 is 0 Å². The summed E-state index contributed by atoms with van der Waals surface area (Å²) in [6.07, 6.45) is 1.83. The number of fused-ring (bicyclic) bond motifs is 3. The zero-order valence-corrected chi connectivity index (χ0v) is 9.72. The summed E-state index contributed by atoms with van der Waals surface area (Å²) in [4.78, 5) is 0. The molecule has 1 aliphatic heterocycles. The highest BCUT2D eigenvalue weighted by molar-refractivity contribution is 5.87. The summed E-state index contributed by atoms with van der Waals surface area (Å²) >= 11 is 0. The summed E-state index contributed by atoms with van der Waals surface area (Å²) in [7, 11) is 0. The van der Waals surface area contributed by atoms with Crippen molar-refractivity contribution in [2.24, 2.45) is 5.73 Å². The van der Waals surface area contributed by atoms with Gasteiger partial charge < -0.3 is 15.2 Å². The standard InChI is InChI=1S/C12H15N3O2/c1-8(13)7-15-11-9(6-14-15)2-3-10-12(11)17-5-4-16-10/h2-3,6,8H,4-5,7,13H2,1H3/t8-/m1/s1. The molecule has 3 rings (SSSR count). The number of aromatic nitrogens is 2. The maximum absolute atomic E-state index is 5.82. The summed E-state index contributed by atoms with van der Waals surface area (Å²) in [5, 5.41) is 5.40. The molecule has 5 heteroatoms. The summed E-state index contributed by atoms with van der Waals surface area (Å²) < 4.78 is 13.1. The Morgan fingerprint density at radius 1 is 1.41 bits per heavy atom. The summed E-state index contributed by atoms with van der Waals surface area (Å²) in [5.41, 5.74) is 6.79. The first-order valence-corrected chi connectivity index (χ1v) is 5.75. The number of rotatable bonds is 2. The lowest BCUT2D eigenvalue weighted by Crippen LogP contribution is -2.23. The Labute approximate surface area is 99.1 Å². The molecule has 90 valence electrons. The number of hydrogen-bond acceptors (Lipinski definition) is 4. The minimum Gasteiger partial charge on any atom is -0.486 e. The highest BCUT2D eigenvalue weighted by Gasteiger charge is 2.18. The monoisotopic (exact) mass is 233 g/mol. The second kappa shape index (κ2) is 3.92. The third-order valence-electron chi connectivity index (χ3n) is 2.77. The van der Waals surface area contributed by atoms with E-state index in [1.807, 2.05) is 29.9 Å². The van der Waals surface area contributed by atoms with Gasteiger partial charge in [-0.2, -0.15) is 5.10 Å². The zero-order chi connectivity index (χ0) is 11.8. The first kappa shape index (κ1) is 10.4. The molecule has 0 aliphatic carbocycles. The molecule has 2 aromatic rings. The van der Waals surface area contributed by atoms with Gasteiger partial charge in [0.05, 0.1) is 12.7 Å². The van der Waals surface area contributed by atoms with Crippen LogP contribution in [-0.2, 0) is 6.54 Å². The number of benzene rings is 1. The van der Waals surface area contributed by atoms with Crippen molar-refractivity contribution < 1.29 is 9.47 Å². The van der Waals surface area contributed by atoms with Crippen molar-refractivity contribution in [3.8, 4) is 11.5 Å². The maximum atomic E-state index is 5.82. The van der Waals surface area contributed by atoms with Crippen LogP contribution in [0.2, 0.25) is 0 Å². The molecule has 0 unspecified atom stereocenters. The Balaban J connectivity index is 2.17. The van der Waals surface area contributed by atoms with Gasteiger partial charge in [0.25, 0.3) is 0 Å². The molecular weight excluding hydrogens is 218 g/mol. The molecule has 0 saturated heterocycles. The molecule has 1 atom stereocenters. The molecule has 1 aromatic heterocycles. The molecule has 2 heterocycles. The van der Waals surface area contributed by atoms with Gasteiger partial charge in [0.2, 0.25) is 0 Å². The highest BCUT2D eigenvalue weighted by Crippen LogP contribution is 2.37. The van der Waals surface area contributed by atoms with Crippen molar-refractivity contribution in [3.63, 3.8) is 0 Å². The van der Waals surface area contributed by atoms with E-state index in [1.54, 1.807) is 0 Å². The first-order valence-electron chi connectivity index (χ1n) is 5.75. The van der Waals surface area contributed by atoms with Crippen LogP contribution >= 0.6 is 0 Å². The lowest BCUT2D eigenvalue weighted by molar-refractivity contribution is 0.173. The van der Waals surface area contributed by atoms with Crippen molar-refractivity contribution in [1.82, 2.24) is 9.78 Å². The topological polar surface area (TPSA) is 62.3 Å². The van der Waals surface area contributed by atoms with Crippen LogP contribution in [0.25, 0.3) is 10.9 Å². The number of nitrogens with two attached hydrogens (primary N) is 1. The van der Waals surface area contributed by atoms with E-state index in [1.165, 1.54) is 0 Å². The summed E-state index contributed by atoms with van der Waals surface area (Å²) in [6, 6.07) is 3.97. The molecule has 1 aromatic carbocycles. The molecule has 1 aliphatic rings. The Kier molecular flexibility index (Phi) is 2.40. The minimum atomic E-state index is 0.0541. The molecule has 5 nitrogen and oxygen atoms in total. The molecule has 0 bridgehead atoms. The average molecular weight is 233 g/mol. The lowest BCUT2D eigenvalue weighted by atomic mass is 10.2. The fraction of sp³-hybridized carbons (Fsp3) is 0.417. The molecule has 2 N–H and O–H groups in total. The van der Waals surface area contributed by atoms with Crippen molar-refractivity contribution >= 4 is 10.9 Å². The Bertz CT molecular complexity index is 548. The van der Waals surface area contributed by atoms with E-state index in [4.69, 9.17) is 15.2 Å². The molecule has 0 spiro atoms. The van der Waals surface area contributed by atoms with Gasteiger partial charge >= 0.3 is 0 Å². The molecule has 17 heavy (non-hydrogen) atoms. The van der Waals surface area contributed by atoms with E-state index in [-0.39, 0.29) is 6.04 Å². The van der Waals surface area contributed by atoms with Crippen molar-refractivity contribution in [2.75, 3.05) is 13.2 Å². The zero-order valence-electron chi connectivity index (χ0n) is 9.72. The van der Waals surface area contributed by atoms with Crippen LogP contribution in [0.3, 0.4) is 0 Å². The predicted molar refractivity (Wildman–Crippen MR) is 64.4 cm³/mol. The van der Waals surface area contributed by atoms with Gasteiger partial charge in [-0.3, -0.25) is 4.68 Å². The minimum absolute atomic E-state index is 0.0541. The Morgan fingerprint density at radius 3 is 3.06 bits per heavy atom. The van der Waals surface area contributed by atoms with Gasteiger partial charge in [0, 0.05) is 11.4 Å².